The number of rotatable bonds is 12. The molecule has 342 valence electrons. The molecule has 4 rings (SSSR count). The third kappa shape index (κ3) is 10.8. The summed E-state index contributed by atoms with van der Waals surface area (Å²) in [6, 6.07) is 0.00567. The third-order valence-electron chi connectivity index (χ3n) is 13.3. The van der Waals surface area contributed by atoms with Crippen LogP contribution in [0.3, 0.4) is 0 Å². The highest BCUT2D eigenvalue weighted by Crippen LogP contribution is 2.49. The molecular formula is C44H79NO13Si. The Bertz CT molecular complexity index is 1470. The van der Waals surface area contributed by atoms with Gasteiger partial charge in [-0.3, -0.25) is 9.59 Å². The van der Waals surface area contributed by atoms with Crippen molar-refractivity contribution < 1.29 is 61.4 Å². The van der Waals surface area contributed by atoms with E-state index in [0.29, 0.717) is 12.8 Å². The van der Waals surface area contributed by atoms with Crippen molar-refractivity contribution in [3.8, 4) is 0 Å². The minimum absolute atomic E-state index is 0.00567. The fourth-order valence-corrected chi connectivity index (χ4v) is 11.3. The van der Waals surface area contributed by atoms with E-state index in [-0.39, 0.29) is 30.6 Å². The predicted octanol–water partition coefficient (Wildman–Crippen LogP) is 6.63. The molecule has 59 heavy (non-hydrogen) atoms. The van der Waals surface area contributed by atoms with Crippen molar-refractivity contribution in [2.75, 3.05) is 35.4 Å². The average Bonchev–Trinajstić information content (AvgIpc) is 3.40. The number of hydrogen-bond donors (Lipinski definition) is 0. The van der Waals surface area contributed by atoms with Crippen LogP contribution in [-0.2, 0) is 61.4 Å². The number of esters is 2. The molecule has 0 aromatic rings. The Balaban J connectivity index is 1.92. The molecule has 4 aliphatic rings. The molecule has 0 N–H and O–H groups in total. The SMILES string of the molecule is CC[C@H]1OC(=O)[C@H](C)[C@@H](OC2C[C@@](C)(OC)[C@@H](OC(C)=O)[C@H](C)O2)[C@H](C)[C@@H](O[C@@H]2O[C@H](C)C[C@H](N(C)C)[C@H]2OC)[C@](C)(OC)CC(C)=C2OC1(C)[C@H](O[Si](C)(C)C)[C@H]2C. The lowest BCUT2D eigenvalue weighted by Gasteiger charge is -2.50. The van der Waals surface area contributed by atoms with Crippen LogP contribution in [-0.4, -0.2) is 145 Å². The Morgan fingerprint density at radius 3 is 2.03 bits per heavy atom. The quantitative estimate of drug-likeness (QED) is 0.153. The lowest BCUT2D eigenvalue weighted by molar-refractivity contribution is -0.320. The van der Waals surface area contributed by atoms with E-state index < -0.39 is 98.1 Å². The predicted molar refractivity (Wildman–Crippen MR) is 225 cm³/mol. The van der Waals surface area contributed by atoms with E-state index in [1.165, 1.54) is 6.92 Å². The molecule has 0 aromatic heterocycles. The third-order valence-corrected chi connectivity index (χ3v) is 14.3. The van der Waals surface area contributed by atoms with Crippen LogP contribution in [0, 0.1) is 17.8 Å². The van der Waals surface area contributed by atoms with Crippen LogP contribution < -0.4 is 0 Å². The first-order chi connectivity index (χ1) is 27.3. The van der Waals surface area contributed by atoms with Gasteiger partial charge in [-0.1, -0.05) is 20.8 Å². The second kappa shape index (κ2) is 19.4. The van der Waals surface area contributed by atoms with Crippen LogP contribution in [0.5, 0.6) is 0 Å². The van der Waals surface area contributed by atoms with Crippen molar-refractivity contribution in [1.29, 1.82) is 0 Å². The summed E-state index contributed by atoms with van der Waals surface area (Å²) in [4.78, 5) is 29.1. The molecule has 15 heteroatoms. The minimum Gasteiger partial charge on any atom is -0.485 e. The summed E-state index contributed by atoms with van der Waals surface area (Å²) in [6.07, 6.45) is -4.22. The molecule has 2 bridgehead atoms. The molecule has 0 saturated carbocycles. The van der Waals surface area contributed by atoms with Gasteiger partial charge in [-0.25, -0.2) is 0 Å². The number of carbonyl (C=O) groups excluding carboxylic acids is 2. The van der Waals surface area contributed by atoms with Crippen LogP contribution in [0.1, 0.15) is 102 Å². The number of nitrogens with zero attached hydrogens (tertiary/aromatic N) is 1. The summed E-state index contributed by atoms with van der Waals surface area (Å²) >= 11 is 0. The normalized spacial score (nSPS) is 44.0. The van der Waals surface area contributed by atoms with E-state index in [0.717, 1.165) is 17.8 Å². The molecule has 3 saturated heterocycles. The van der Waals surface area contributed by atoms with Crippen LogP contribution >= 0.6 is 0 Å². The molecule has 0 aromatic carbocycles. The largest absolute Gasteiger partial charge is 0.485 e. The fraction of sp³-hybridized carbons (Fsp3) is 0.909. The van der Waals surface area contributed by atoms with Gasteiger partial charge in [0.15, 0.2) is 32.6 Å². The maximum atomic E-state index is 14.8. The molecule has 3 fully saturated rings. The Morgan fingerprint density at radius 2 is 1.51 bits per heavy atom. The van der Waals surface area contributed by atoms with Crippen molar-refractivity contribution in [2.24, 2.45) is 17.8 Å². The Labute approximate surface area is 356 Å². The summed E-state index contributed by atoms with van der Waals surface area (Å²) in [5.74, 6) is -1.60. The van der Waals surface area contributed by atoms with Gasteiger partial charge in [0.25, 0.3) is 0 Å². The molecule has 0 radical (unpaired) electrons. The van der Waals surface area contributed by atoms with Crippen LogP contribution in [0.2, 0.25) is 19.6 Å². The van der Waals surface area contributed by atoms with E-state index in [9.17, 15) is 9.59 Å². The van der Waals surface area contributed by atoms with E-state index >= 15 is 0 Å². The molecule has 0 spiro atoms. The highest BCUT2D eigenvalue weighted by atomic mass is 28.4. The first-order valence-electron chi connectivity index (χ1n) is 21.6. The van der Waals surface area contributed by atoms with Crippen molar-refractivity contribution in [3.63, 3.8) is 0 Å². The summed E-state index contributed by atoms with van der Waals surface area (Å²) in [6.45, 7) is 27.7. The Hall–Kier alpha value is -1.66. The molecule has 17 atom stereocenters. The minimum atomic E-state index is -2.12. The lowest BCUT2D eigenvalue weighted by Crippen LogP contribution is -2.61. The number of carbonyl (C=O) groups is 2. The van der Waals surface area contributed by atoms with Crippen LogP contribution in [0.4, 0.5) is 0 Å². The van der Waals surface area contributed by atoms with E-state index in [1.807, 2.05) is 69.5 Å². The summed E-state index contributed by atoms with van der Waals surface area (Å²) in [5, 5.41) is 0. The monoisotopic (exact) mass is 858 g/mol. The Kier molecular flexibility index (Phi) is 16.4. The maximum absolute atomic E-state index is 14.8. The van der Waals surface area contributed by atoms with Gasteiger partial charge in [0.1, 0.15) is 23.6 Å². The van der Waals surface area contributed by atoms with Crippen LogP contribution in [0.25, 0.3) is 0 Å². The van der Waals surface area contributed by atoms with Gasteiger partial charge in [0.2, 0.25) is 0 Å². The fourth-order valence-electron chi connectivity index (χ4n) is 10.1. The first-order valence-corrected chi connectivity index (χ1v) is 25.1. The molecule has 0 amide bonds. The Morgan fingerprint density at radius 1 is 0.881 bits per heavy atom. The topological polar surface area (TPSA) is 139 Å². The summed E-state index contributed by atoms with van der Waals surface area (Å²) < 4.78 is 72.4. The second-order valence-corrected chi connectivity index (χ2v) is 24.0. The number of hydrogen-bond acceptors (Lipinski definition) is 14. The van der Waals surface area contributed by atoms with Gasteiger partial charge in [-0.05, 0) is 101 Å². The van der Waals surface area contributed by atoms with E-state index in [1.54, 1.807) is 21.3 Å². The number of likely N-dealkylation sites (N-methyl/N-ethyl adjacent to an activating group) is 1. The van der Waals surface area contributed by atoms with Crippen molar-refractivity contribution in [1.82, 2.24) is 4.90 Å². The average molecular weight is 858 g/mol. The van der Waals surface area contributed by atoms with Crippen molar-refractivity contribution in [3.05, 3.63) is 11.3 Å². The molecule has 2 unspecified atom stereocenters. The second-order valence-electron chi connectivity index (χ2n) is 19.5. The maximum Gasteiger partial charge on any atom is 0.311 e. The highest BCUT2D eigenvalue weighted by molar-refractivity contribution is 6.69. The van der Waals surface area contributed by atoms with Gasteiger partial charge in [-0.2, -0.15) is 0 Å². The first kappa shape index (κ1) is 50.0. The van der Waals surface area contributed by atoms with Crippen molar-refractivity contribution in [2.45, 2.75) is 206 Å². The van der Waals surface area contributed by atoms with Gasteiger partial charge in [-0.15, -0.1) is 0 Å². The summed E-state index contributed by atoms with van der Waals surface area (Å²) in [7, 11) is 6.88. The molecule has 4 heterocycles. The van der Waals surface area contributed by atoms with Gasteiger partial charge >= 0.3 is 11.9 Å². The molecule has 0 aliphatic carbocycles. The summed E-state index contributed by atoms with van der Waals surface area (Å²) in [5.41, 5.74) is -1.98. The van der Waals surface area contributed by atoms with Gasteiger partial charge in [0, 0.05) is 59.0 Å². The number of methoxy groups -OCH3 is 3. The molecule has 4 aliphatic heterocycles. The van der Waals surface area contributed by atoms with Gasteiger partial charge in [0.05, 0.1) is 42.0 Å². The smallest absolute Gasteiger partial charge is 0.311 e. The number of ether oxygens (including phenoxy) is 10. The standard InChI is InChI=1S/C44H79NO13Si/c1-20-32-44(11)38(58-59(17,18)19)26(4)34(57-44)24(2)22-42(9,49-15)37(56-41-36(48-14)31(45(12)13)21-25(3)51-41)27(5)35(28(6)40(47)54-32)55-33-23-43(10,50-16)39(29(7)52-33)53-30(8)46/h25-29,31-33,35-39,41H,20-23H2,1-19H3/t25-,26+,27+,28-,29+,31+,32-,33?,35+,36-,37-,38-,39+,41+,42-,43-,44?/m1/s1. The zero-order valence-corrected chi connectivity index (χ0v) is 40.7. The number of fused-ring (bicyclic) bond motifs is 2. The van der Waals surface area contributed by atoms with E-state index in [2.05, 4.69) is 38.4 Å². The van der Waals surface area contributed by atoms with E-state index in [4.69, 9.17) is 51.8 Å². The van der Waals surface area contributed by atoms with Gasteiger partial charge < -0.3 is 56.7 Å². The zero-order valence-electron chi connectivity index (χ0n) is 39.7. The zero-order chi connectivity index (χ0) is 44.6. The lowest BCUT2D eigenvalue weighted by atomic mass is 9.77. The molecular weight excluding hydrogens is 779 g/mol. The number of cyclic esters (lactones) is 1. The van der Waals surface area contributed by atoms with Crippen LogP contribution in [0.15, 0.2) is 11.3 Å². The van der Waals surface area contributed by atoms with Crippen molar-refractivity contribution >= 4 is 20.3 Å². The molecule has 14 nitrogen and oxygen atoms in total. The highest BCUT2D eigenvalue weighted by Gasteiger charge is 2.59.